The van der Waals surface area contributed by atoms with E-state index in [0.29, 0.717) is 35.7 Å². The fourth-order valence-electron chi connectivity index (χ4n) is 3.81. The van der Waals surface area contributed by atoms with Gasteiger partial charge in [-0.25, -0.2) is 0 Å². The van der Waals surface area contributed by atoms with Gasteiger partial charge in [0.05, 0.1) is 13.7 Å². The summed E-state index contributed by atoms with van der Waals surface area (Å²) < 4.78 is 11.4. The zero-order valence-corrected chi connectivity index (χ0v) is 20.6. The van der Waals surface area contributed by atoms with Crippen LogP contribution in [0.3, 0.4) is 0 Å². The Kier molecular flexibility index (Phi) is 10.2. The maximum atomic E-state index is 13.1. The second kappa shape index (κ2) is 12.8. The summed E-state index contributed by atoms with van der Waals surface area (Å²) in [5.74, 6) is 0.330. The van der Waals surface area contributed by atoms with Gasteiger partial charge in [0.25, 0.3) is 11.8 Å². The number of nitrogens with zero attached hydrogens (tertiary/aromatic N) is 2. The Morgan fingerprint density at radius 2 is 1.76 bits per heavy atom. The van der Waals surface area contributed by atoms with Crippen LogP contribution in [0.4, 0.5) is 0 Å². The Balaban J connectivity index is 2.23. The Morgan fingerprint density at radius 1 is 1.06 bits per heavy atom. The van der Waals surface area contributed by atoms with Gasteiger partial charge in [0.15, 0.2) is 11.5 Å². The highest BCUT2D eigenvalue weighted by atomic mass is 16.5. The molecule has 1 aliphatic heterocycles. The van der Waals surface area contributed by atoms with Crippen LogP contribution in [-0.4, -0.2) is 36.5 Å². The van der Waals surface area contributed by atoms with Crippen LogP contribution in [0.2, 0.25) is 0 Å². The summed E-state index contributed by atoms with van der Waals surface area (Å²) in [4.78, 5) is 27.0. The lowest BCUT2D eigenvalue weighted by molar-refractivity contribution is -0.142. The molecular formula is C27H36N2O4. The summed E-state index contributed by atoms with van der Waals surface area (Å²) in [6.45, 7) is 8.19. The molecule has 0 aliphatic carbocycles. The van der Waals surface area contributed by atoms with Gasteiger partial charge in [0, 0.05) is 11.6 Å². The van der Waals surface area contributed by atoms with E-state index in [1.165, 1.54) is 30.6 Å². The number of amides is 2. The molecule has 2 amide bonds. The molecule has 0 saturated heterocycles. The van der Waals surface area contributed by atoms with Crippen molar-refractivity contribution in [3.05, 3.63) is 40.5 Å². The largest absolute Gasteiger partial charge is 0.493 e. The van der Waals surface area contributed by atoms with Crippen LogP contribution in [0.1, 0.15) is 78.2 Å². The van der Waals surface area contributed by atoms with Gasteiger partial charge in [0.2, 0.25) is 0 Å². The van der Waals surface area contributed by atoms with Gasteiger partial charge in [-0.1, -0.05) is 52.0 Å². The number of unbranched alkanes of at least 4 members (excludes halogenated alkanes) is 5. The topological polar surface area (TPSA) is 79.6 Å². The normalized spacial score (nSPS) is 16.2. The summed E-state index contributed by atoms with van der Waals surface area (Å²) >= 11 is 0. The summed E-state index contributed by atoms with van der Waals surface area (Å²) in [5.41, 5.74) is 1.48. The van der Waals surface area contributed by atoms with Crippen LogP contribution in [0.5, 0.6) is 11.5 Å². The van der Waals surface area contributed by atoms with E-state index in [2.05, 4.69) is 6.92 Å². The van der Waals surface area contributed by atoms with E-state index < -0.39 is 5.91 Å². The molecule has 1 aromatic carbocycles. The molecule has 6 heteroatoms. The van der Waals surface area contributed by atoms with E-state index in [9.17, 15) is 14.9 Å². The third kappa shape index (κ3) is 6.47. The molecule has 0 radical (unpaired) electrons. The van der Waals surface area contributed by atoms with E-state index in [4.69, 9.17) is 9.47 Å². The Hall–Kier alpha value is -3.07. The van der Waals surface area contributed by atoms with Crippen molar-refractivity contribution in [1.82, 2.24) is 4.90 Å². The molecule has 0 bridgehead atoms. The average molecular weight is 453 g/mol. The molecule has 0 spiro atoms. The number of hydrogen-bond acceptors (Lipinski definition) is 5. The number of benzene rings is 1. The summed E-state index contributed by atoms with van der Waals surface area (Å²) in [6, 6.07) is 7.17. The van der Waals surface area contributed by atoms with Gasteiger partial charge in [-0.05, 0) is 56.0 Å². The molecule has 1 heterocycles. The lowest BCUT2D eigenvalue weighted by Gasteiger charge is -2.31. The van der Waals surface area contributed by atoms with Crippen molar-refractivity contribution >= 4 is 17.9 Å². The molecule has 0 fully saturated rings. The molecule has 1 aromatic rings. The van der Waals surface area contributed by atoms with Crippen molar-refractivity contribution < 1.29 is 19.1 Å². The van der Waals surface area contributed by atoms with Crippen molar-refractivity contribution in [1.29, 1.82) is 5.26 Å². The molecule has 0 saturated carbocycles. The highest BCUT2D eigenvalue weighted by Gasteiger charge is 2.37. The van der Waals surface area contributed by atoms with E-state index in [1.807, 2.05) is 32.0 Å². The molecule has 1 unspecified atom stereocenters. The Morgan fingerprint density at radius 3 is 2.39 bits per heavy atom. The standard InChI is InChI=1S/C27H36N2O4/c1-6-8-9-10-11-12-15-33-24-14-13-21(17-25(24)32-5)16-22-20(4)23(18-28)27(31)29(26(22)30)19(3)7-2/h13-14,16-17,19H,6-12,15H2,1-5H3/b22-16+. The number of carbonyl (C=O) groups is 2. The van der Waals surface area contributed by atoms with Crippen molar-refractivity contribution in [2.45, 2.75) is 78.7 Å². The van der Waals surface area contributed by atoms with Gasteiger partial charge in [-0.2, -0.15) is 5.26 Å². The van der Waals surface area contributed by atoms with Crippen molar-refractivity contribution in [3.8, 4) is 17.6 Å². The first-order valence-electron chi connectivity index (χ1n) is 11.9. The molecule has 33 heavy (non-hydrogen) atoms. The fourth-order valence-corrected chi connectivity index (χ4v) is 3.81. The van der Waals surface area contributed by atoms with Crippen LogP contribution >= 0.6 is 0 Å². The molecule has 0 N–H and O–H groups in total. The minimum absolute atomic E-state index is 0.00649. The van der Waals surface area contributed by atoms with Crippen LogP contribution in [-0.2, 0) is 9.59 Å². The lowest BCUT2D eigenvalue weighted by atomic mass is 9.92. The van der Waals surface area contributed by atoms with Gasteiger partial charge in [0.1, 0.15) is 11.6 Å². The number of imide groups is 1. The second-order valence-corrected chi connectivity index (χ2v) is 8.43. The monoisotopic (exact) mass is 452 g/mol. The van der Waals surface area contributed by atoms with Crippen molar-refractivity contribution in [2.24, 2.45) is 0 Å². The minimum Gasteiger partial charge on any atom is -0.493 e. The fraction of sp³-hybridized carbons (Fsp3) is 0.519. The third-order valence-corrected chi connectivity index (χ3v) is 6.06. The van der Waals surface area contributed by atoms with E-state index in [-0.39, 0.29) is 17.5 Å². The van der Waals surface area contributed by atoms with Crippen LogP contribution in [0.25, 0.3) is 6.08 Å². The van der Waals surface area contributed by atoms with Gasteiger partial charge in [-0.15, -0.1) is 0 Å². The van der Waals surface area contributed by atoms with Crippen LogP contribution < -0.4 is 9.47 Å². The number of methoxy groups -OCH3 is 1. The molecule has 6 nitrogen and oxygen atoms in total. The maximum absolute atomic E-state index is 13.1. The smallest absolute Gasteiger partial charge is 0.271 e. The first-order valence-corrected chi connectivity index (χ1v) is 11.9. The number of carbonyl (C=O) groups excluding carboxylic acids is 2. The maximum Gasteiger partial charge on any atom is 0.271 e. The van der Waals surface area contributed by atoms with Crippen LogP contribution in [0.15, 0.2) is 34.9 Å². The molecule has 1 atom stereocenters. The van der Waals surface area contributed by atoms with Crippen molar-refractivity contribution in [2.75, 3.05) is 13.7 Å². The molecule has 2 rings (SSSR count). The summed E-state index contributed by atoms with van der Waals surface area (Å²) in [7, 11) is 1.58. The van der Waals surface area contributed by atoms with E-state index >= 15 is 0 Å². The first kappa shape index (κ1) is 26.2. The summed E-state index contributed by atoms with van der Waals surface area (Å²) in [5, 5.41) is 9.53. The van der Waals surface area contributed by atoms with Gasteiger partial charge >= 0.3 is 0 Å². The van der Waals surface area contributed by atoms with E-state index in [1.54, 1.807) is 26.2 Å². The SMILES string of the molecule is CCCCCCCCOc1ccc(/C=C2/C(=O)N(C(C)CC)C(=O)C(C#N)=C2C)cc1OC. The predicted octanol–water partition coefficient (Wildman–Crippen LogP) is 5.83. The number of nitriles is 1. The highest BCUT2D eigenvalue weighted by molar-refractivity contribution is 6.19. The Bertz CT molecular complexity index is 955. The summed E-state index contributed by atoms with van der Waals surface area (Å²) in [6.07, 6.45) is 9.47. The Labute approximate surface area is 197 Å². The quantitative estimate of drug-likeness (QED) is 0.227. The van der Waals surface area contributed by atoms with E-state index in [0.717, 1.165) is 18.4 Å². The zero-order chi connectivity index (χ0) is 24.4. The lowest BCUT2D eigenvalue weighted by Crippen LogP contribution is -2.47. The predicted molar refractivity (Wildman–Crippen MR) is 130 cm³/mol. The highest BCUT2D eigenvalue weighted by Crippen LogP contribution is 2.32. The van der Waals surface area contributed by atoms with Gasteiger partial charge in [-0.3, -0.25) is 14.5 Å². The first-order chi connectivity index (χ1) is 15.9. The van der Waals surface area contributed by atoms with Crippen molar-refractivity contribution in [3.63, 3.8) is 0 Å². The third-order valence-electron chi connectivity index (χ3n) is 6.06. The molecule has 1 aliphatic rings. The van der Waals surface area contributed by atoms with Crippen LogP contribution in [0, 0.1) is 11.3 Å². The molecular weight excluding hydrogens is 416 g/mol. The molecule has 178 valence electrons. The number of rotatable bonds is 12. The second-order valence-electron chi connectivity index (χ2n) is 8.43. The minimum atomic E-state index is -0.525. The average Bonchev–Trinajstić information content (AvgIpc) is 2.81. The van der Waals surface area contributed by atoms with Gasteiger partial charge < -0.3 is 9.47 Å². The zero-order valence-electron chi connectivity index (χ0n) is 20.6. The molecule has 0 aromatic heterocycles. The number of ether oxygens (including phenoxy) is 2. The number of hydrogen-bond donors (Lipinski definition) is 0.